The predicted octanol–water partition coefficient (Wildman–Crippen LogP) is -0.0918. The number of carbonyl (C=O) groups excluding carboxylic acids is 1. The van der Waals surface area contributed by atoms with Crippen LogP contribution in [0.2, 0.25) is 0 Å². The average Bonchev–Trinajstić information content (AvgIpc) is 2.36. The number of hydrogen-bond acceptors (Lipinski definition) is 2. The molecular formula is C6H7N3O. The third kappa shape index (κ3) is 1.05. The molecule has 1 aromatic heterocycles. The van der Waals surface area contributed by atoms with Gasteiger partial charge in [-0.15, -0.1) is 0 Å². The summed E-state index contributed by atoms with van der Waals surface area (Å²) in [6, 6.07) is 1.63. The van der Waals surface area contributed by atoms with E-state index in [4.69, 9.17) is 5.73 Å². The Bertz CT molecular complexity index is 250. The summed E-state index contributed by atoms with van der Waals surface area (Å²) in [5.41, 5.74) is 5.75. The Labute approximate surface area is 57.7 Å². The zero-order valence-electron chi connectivity index (χ0n) is 5.29. The van der Waals surface area contributed by atoms with Crippen molar-refractivity contribution in [3.8, 4) is 0 Å². The first-order valence-corrected chi connectivity index (χ1v) is 2.70. The van der Waals surface area contributed by atoms with Gasteiger partial charge in [0, 0.05) is 6.20 Å². The third-order valence-corrected chi connectivity index (χ3v) is 1.12. The van der Waals surface area contributed by atoms with E-state index in [1.165, 1.54) is 6.20 Å². The van der Waals surface area contributed by atoms with E-state index >= 15 is 0 Å². The Morgan fingerprint density at radius 1 is 1.80 bits per heavy atom. The van der Waals surface area contributed by atoms with Crippen LogP contribution in [0.15, 0.2) is 18.8 Å². The van der Waals surface area contributed by atoms with E-state index in [1.807, 2.05) is 0 Å². The molecule has 1 rings (SSSR count). The number of aromatic nitrogens is 2. The maximum atomic E-state index is 10.5. The molecule has 1 amide bonds. The van der Waals surface area contributed by atoms with Gasteiger partial charge in [0.15, 0.2) is 0 Å². The molecular weight excluding hydrogens is 130 g/mol. The summed E-state index contributed by atoms with van der Waals surface area (Å²) in [5, 5.41) is 6.20. The molecule has 1 heterocycles. The number of nitrogens with two attached hydrogens (primary N) is 1. The molecule has 0 spiro atoms. The van der Waals surface area contributed by atoms with Crippen LogP contribution in [0.5, 0.6) is 0 Å². The van der Waals surface area contributed by atoms with Crippen molar-refractivity contribution in [1.29, 1.82) is 0 Å². The van der Waals surface area contributed by atoms with Gasteiger partial charge in [0.2, 0.25) is 5.91 Å². The summed E-state index contributed by atoms with van der Waals surface area (Å²) in [5.74, 6) is -0.538. The zero-order chi connectivity index (χ0) is 7.56. The lowest BCUT2D eigenvalue weighted by atomic mass is 10.2. The molecule has 0 saturated carbocycles. The first-order valence-electron chi connectivity index (χ1n) is 2.70. The maximum Gasteiger partial charge on any atom is 0.250 e. The van der Waals surface area contributed by atoms with Crippen molar-refractivity contribution < 1.29 is 4.79 Å². The minimum Gasteiger partial charge on any atom is -0.366 e. The van der Waals surface area contributed by atoms with Gasteiger partial charge in [0.1, 0.15) is 0 Å². The van der Waals surface area contributed by atoms with Crippen molar-refractivity contribution in [3.05, 3.63) is 24.5 Å². The molecule has 0 bridgehead atoms. The molecule has 0 aliphatic carbocycles. The maximum absolute atomic E-state index is 10.5. The number of carbonyl (C=O) groups is 1. The molecule has 1 aromatic rings. The summed E-state index contributed by atoms with van der Waals surface area (Å²) >= 11 is 0. The molecule has 0 atom stereocenters. The summed E-state index contributed by atoms with van der Waals surface area (Å²) in [6.07, 6.45) is 1.53. The molecule has 0 unspecified atom stereocenters. The average molecular weight is 137 g/mol. The normalized spacial score (nSPS) is 9.20. The molecule has 0 radical (unpaired) electrons. The molecule has 10 heavy (non-hydrogen) atoms. The molecule has 4 nitrogen and oxygen atoms in total. The molecule has 52 valence electrons. The van der Waals surface area contributed by atoms with Crippen LogP contribution in [0.4, 0.5) is 0 Å². The van der Waals surface area contributed by atoms with E-state index in [2.05, 4.69) is 16.8 Å². The Balaban J connectivity index is 2.88. The van der Waals surface area contributed by atoms with Gasteiger partial charge in [-0.05, 0) is 6.07 Å². The van der Waals surface area contributed by atoms with Gasteiger partial charge in [-0.3, -0.25) is 9.89 Å². The monoisotopic (exact) mass is 137 g/mol. The largest absolute Gasteiger partial charge is 0.366 e. The highest BCUT2D eigenvalue weighted by atomic mass is 16.1. The van der Waals surface area contributed by atoms with E-state index in [0.29, 0.717) is 5.69 Å². The molecule has 0 aliphatic heterocycles. The van der Waals surface area contributed by atoms with Gasteiger partial charge in [0.05, 0.1) is 11.3 Å². The van der Waals surface area contributed by atoms with E-state index in [1.54, 1.807) is 6.07 Å². The van der Waals surface area contributed by atoms with Crippen LogP contribution in [0.3, 0.4) is 0 Å². The second-order valence-corrected chi connectivity index (χ2v) is 1.81. The van der Waals surface area contributed by atoms with Crippen molar-refractivity contribution in [2.45, 2.75) is 0 Å². The van der Waals surface area contributed by atoms with Gasteiger partial charge < -0.3 is 5.73 Å². The lowest BCUT2D eigenvalue weighted by Gasteiger charge is -1.92. The van der Waals surface area contributed by atoms with Crippen molar-refractivity contribution in [3.63, 3.8) is 0 Å². The van der Waals surface area contributed by atoms with Crippen LogP contribution < -0.4 is 5.73 Å². The summed E-state index contributed by atoms with van der Waals surface area (Å²) in [6.45, 7) is 3.45. The van der Waals surface area contributed by atoms with Crippen LogP contribution >= 0.6 is 0 Å². The highest BCUT2D eigenvalue weighted by molar-refractivity contribution is 6.17. The third-order valence-electron chi connectivity index (χ3n) is 1.12. The minimum atomic E-state index is -0.538. The number of aromatic amines is 1. The Morgan fingerprint density at radius 2 is 2.50 bits per heavy atom. The number of hydrogen-bond donors (Lipinski definition) is 2. The van der Waals surface area contributed by atoms with Gasteiger partial charge in [-0.1, -0.05) is 6.58 Å². The van der Waals surface area contributed by atoms with Crippen molar-refractivity contribution in [2.75, 3.05) is 0 Å². The second-order valence-electron chi connectivity index (χ2n) is 1.81. The SMILES string of the molecule is C=C(C(N)=O)c1ccn[nH]1. The van der Waals surface area contributed by atoms with Crippen LogP contribution in [0, 0.1) is 0 Å². The molecule has 0 aromatic carbocycles. The van der Waals surface area contributed by atoms with E-state index in [0.717, 1.165) is 0 Å². The lowest BCUT2D eigenvalue weighted by molar-refractivity contribution is -0.112. The van der Waals surface area contributed by atoms with Crippen LogP contribution in [-0.4, -0.2) is 16.1 Å². The number of nitrogens with zero attached hydrogens (tertiary/aromatic N) is 1. The number of amides is 1. The highest BCUT2D eigenvalue weighted by Gasteiger charge is 2.04. The van der Waals surface area contributed by atoms with E-state index in [9.17, 15) is 4.79 Å². The number of H-pyrrole nitrogens is 1. The first kappa shape index (κ1) is 6.54. The first-order chi connectivity index (χ1) is 4.72. The van der Waals surface area contributed by atoms with E-state index < -0.39 is 5.91 Å². The van der Waals surface area contributed by atoms with Crippen LogP contribution in [0.1, 0.15) is 5.69 Å². The Kier molecular flexibility index (Phi) is 1.53. The molecule has 4 heteroatoms. The fourth-order valence-corrected chi connectivity index (χ4v) is 0.557. The van der Waals surface area contributed by atoms with Crippen LogP contribution in [-0.2, 0) is 4.79 Å². The fourth-order valence-electron chi connectivity index (χ4n) is 0.557. The van der Waals surface area contributed by atoms with Crippen molar-refractivity contribution >= 4 is 11.5 Å². The number of nitrogens with one attached hydrogen (secondary N) is 1. The quantitative estimate of drug-likeness (QED) is 0.559. The number of rotatable bonds is 2. The fraction of sp³-hybridized carbons (Fsp3) is 0. The minimum absolute atomic E-state index is 0.248. The summed E-state index contributed by atoms with van der Waals surface area (Å²) in [7, 11) is 0. The van der Waals surface area contributed by atoms with Gasteiger partial charge in [-0.2, -0.15) is 5.10 Å². The van der Waals surface area contributed by atoms with Gasteiger partial charge in [-0.25, -0.2) is 0 Å². The van der Waals surface area contributed by atoms with Gasteiger partial charge in [0.25, 0.3) is 0 Å². The summed E-state index contributed by atoms with van der Waals surface area (Å²) in [4.78, 5) is 10.5. The molecule has 3 N–H and O–H groups in total. The van der Waals surface area contributed by atoms with Gasteiger partial charge >= 0.3 is 0 Å². The Hall–Kier alpha value is -1.58. The standard InChI is InChI=1S/C6H7N3O/c1-4(6(7)10)5-2-3-8-9-5/h2-3H,1H2,(H2,7,10)(H,8,9). The lowest BCUT2D eigenvalue weighted by Crippen LogP contribution is -2.12. The van der Waals surface area contributed by atoms with Crippen LogP contribution in [0.25, 0.3) is 5.57 Å². The molecule has 0 fully saturated rings. The summed E-state index contributed by atoms with van der Waals surface area (Å²) < 4.78 is 0. The second kappa shape index (κ2) is 2.34. The van der Waals surface area contributed by atoms with E-state index in [-0.39, 0.29) is 5.57 Å². The zero-order valence-corrected chi connectivity index (χ0v) is 5.29. The molecule has 0 aliphatic rings. The predicted molar refractivity (Wildman–Crippen MR) is 36.8 cm³/mol. The smallest absolute Gasteiger partial charge is 0.250 e. The highest BCUT2D eigenvalue weighted by Crippen LogP contribution is 2.05. The number of primary amides is 1. The topological polar surface area (TPSA) is 71.8 Å². The Morgan fingerprint density at radius 3 is 2.90 bits per heavy atom. The molecule has 0 saturated heterocycles. The van der Waals surface area contributed by atoms with Crippen molar-refractivity contribution in [2.24, 2.45) is 5.73 Å². The van der Waals surface area contributed by atoms with Crippen molar-refractivity contribution in [1.82, 2.24) is 10.2 Å².